The van der Waals surface area contributed by atoms with Gasteiger partial charge in [0.2, 0.25) is 0 Å². The molecule has 0 atom stereocenters. The van der Waals surface area contributed by atoms with Crippen LogP contribution in [0, 0.1) is 16.7 Å². The number of nitrogens with two attached hydrogens (primary N) is 1. The molecule has 0 saturated heterocycles. The first-order valence-electron chi connectivity index (χ1n) is 6.51. The quantitative estimate of drug-likeness (QED) is 0.830. The molecule has 1 aliphatic rings. The fourth-order valence-electron chi connectivity index (χ4n) is 2.32. The molecule has 1 aliphatic heterocycles. The van der Waals surface area contributed by atoms with Crippen LogP contribution in [0.15, 0.2) is 18.2 Å². The molecule has 0 bridgehead atoms. The number of benzene rings is 1. The Bertz CT molecular complexity index is 471. The van der Waals surface area contributed by atoms with E-state index >= 15 is 0 Å². The second-order valence-corrected chi connectivity index (χ2v) is 5.80. The zero-order chi connectivity index (χ0) is 13.2. The molecule has 1 heterocycles. The maximum atomic E-state index is 9.03. The fourth-order valence-corrected chi connectivity index (χ4v) is 2.32. The first-order valence-corrected chi connectivity index (χ1v) is 6.51. The third-order valence-electron chi connectivity index (χ3n) is 3.68. The van der Waals surface area contributed by atoms with Crippen molar-refractivity contribution in [3.8, 4) is 6.07 Å². The molecule has 1 aromatic rings. The van der Waals surface area contributed by atoms with E-state index in [2.05, 4.69) is 23.1 Å². The van der Waals surface area contributed by atoms with Crippen LogP contribution >= 0.6 is 0 Å². The van der Waals surface area contributed by atoms with Gasteiger partial charge in [0, 0.05) is 18.8 Å². The van der Waals surface area contributed by atoms with Crippen LogP contribution in [0.4, 0.5) is 5.69 Å². The van der Waals surface area contributed by atoms with E-state index in [1.165, 1.54) is 11.1 Å². The number of hydrogen-bond acceptors (Lipinski definition) is 3. The summed E-state index contributed by atoms with van der Waals surface area (Å²) < 4.78 is 0. The van der Waals surface area contributed by atoms with Gasteiger partial charge in [0.1, 0.15) is 0 Å². The van der Waals surface area contributed by atoms with E-state index in [1.807, 2.05) is 19.9 Å². The van der Waals surface area contributed by atoms with Crippen LogP contribution in [0.2, 0.25) is 0 Å². The highest BCUT2D eigenvalue weighted by Crippen LogP contribution is 2.24. The summed E-state index contributed by atoms with van der Waals surface area (Å²) >= 11 is 0. The van der Waals surface area contributed by atoms with Gasteiger partial charge in [-0.15, -0.1) is 0 Å². The van der Waals surface area contributed by atoms with E-state index in [0.29, 0.717) is 0 Å². The van der Waals surface area contributed by atoms with Crippen LogP contribution < -0.4 is 5.73 Å². The van der Waals surface area contributed by atoms with Gasteiger partial charge in [-0.05, 0) is 56.5 Å². The summed E-state index contributed by atoms with van der Waals surface area (Å²) in [5.74, 6) is 0. The van der Waals surface area contributed by atoms with E-state index in [-0.39, 0.29) is 5.41 Å². The summed E-state index contributed by atoms with van der Waals surface area (Å²) in [5.41, 5.74) is 9.21. The topological polar surface area (TPSA) is 53.0 Å². The van der Waals surface area contributed by atoms with E-state index in [0.717, 1.165) is 38.2 Å². The molecule has 3 heteroatoms. The Morgan fingerprint density at radius 2 is 2.17 bits per heavy atom. The predicted octanol–water partition coefficient (Wildman–Crippen LogP) is 2.57. The normalized spacial score (nSPS) is 16.1. The Morgan fingerprint density at radius 3 is 2.89 bits per heavy atom. The first-order chi connectivity index (χ1) is 8.50. The lowest BCUT2D eigenvalue weighted by molar-refractivity contribution is 0.225. The maximum Gasteiger partial charge on any atom is 0.0684 e. The SMILES string of the molecule is CC(C)(C#N)CCN1CCc2ccc(N)cc2C1. The summed E-state index contributed by atoms with van der Waals surface area (Å²) in [6.45, 7) is 7.03. The smallest absolute Gasteiger partial charge is 0.0684 e. The molecule has 0 aliphatic carbocycles. The van der Waals surface area contributed by atoms with Crippen LogP contribution in [0.3, 0.4) is 0 Å². The van der Waals surface area contributed by atoms with Gasteiger partial charge < -0.3 is 5.73 Å². The standard InChI is InChI=1S/C15H21N3/c1-15(2,11-16)6-8-18-7-5-12-3-4-14(17)9-13(12)10-18/h3-4,9H,5-8,10,17H2,1-2H3. The number of hydrogen-bond donors (Lipinski definition) is 1. The van der Waals surface area contributed by atoms with Crippen molar-refractivity contribution in [3.63, 3.8) is 0 Å². The molecule has 3 nitrogen and oxygen atoms in total. The first kappa shape index (κ1) is 12.9. The van der Waals surface area contributed by atoms with Crippen molar-refractivity contribution in [1.29, 1.82) is 5.26 Å². The highest BCUT2D eigenvalue weighted by molar-refractivity contribution is 5.45. The predicted molar refractivity (Wildman–Crippen MR) is 73.8 cm³/mol. The Balaban J connectivity index is 1.98. The molecule has 0 aromatic heterocycles. The average molecular weight is 243 g/mol. The number of fused-ring (bicyclic) bond motifs is 1. The van der Waals surface area contributed by atoms with E-state index < -0.39 is 0 Å². The Labute approximate surface area is 109 Å². The van der Waals surface area contributed by atoms with Crippen LogP contribution in [-0.4, -0.2) is 18.0 Å². The Hall–Kier alpha value is -1.53. The summed E-state index contributed by atoms with van der Waals surface area (Å²) in [7, 11) is 0. The van der Waals surface area contributed by atoms with E-state index in [9.17, 15) is 0 Å². The minimum absolute atomic E-state index is 0.226. The van der Waals surface area contributed by atoms with Crippen LogP contribution in [-0.2, 0) is 13.0 Å². The summed E-state index contributed by atoms with van der Waals surface area (Å²) in [6, 6.07) is 8.56. The van der Waals surface area contributed by atoms with Crippen molar-refractivity contribution in [2.75, 3.05) is 18.8 Å². The van der Waals surface area contributed by atoms with Gasteiger partial charge in [0.15, 0.2) is 0 Å². The molecule has 18 heavy (non-hydrogen) atoms. The minimum atomic E-state index is -0.226. The molecule has 0 radical (unpaired) electrons. The largest absolute Gasteiger partial charge is 0.399 e. The van der Waals surface area contributed by atoms with E-state index in [1.54, 1.807) is 0 Å². The lowest BCUT2D eigenvalue weighted by Crippen LogP contribution is -2.33. The van der Waals surface area contributed by atoms with Crippen molar-refractivity contribution in [1.82, 2.24) is 4.90 Å². The van der Waals surface area contributed by atoms with Gasteiger partial charge in [-0.25, -0.2) is 0 Å². The third-order valence-corrected chi connectivity index (χ3v) is 3.68. The lowest BCUT2D eigenvalue weighted by atomic mass is 9.90. The molecule has 0 unspecified atom stereocenters. The van der Waals surface area contributed by atoms with Crippen molar-refractivity contribution in [2.45, 2.75) is 33.2 Å². The van der Waals surface area contributed by atoms with Crippen molar-refractivity contribution < 1.29 is 0 Å². The second-order valence-electron chi connectivity index (χ2n) is 5.80. The fraction of sp³-hybridized carbons (Fsp3) is 0.533. The van der Waals surface area contributed by atoms with Gasteiger partial charge in [-0.2, -0.15) is 5.26 Å². The van der Waals surface area contributed by atoms with Gasteiger partial charge in [0.05, 0.1) is 11.5 Å². The van der Waals surface area contributed by atoms with Crippen molar-refractivity contribution in [3.05, 3.63) is 29.3 Å². The molecular weight excluding hydrogens is 222 g/mol. The molecule has 0 amide bonds. The molecule has 2 rings (SSSR count). The Kier molecular flexibility index (Phi) is 3.58. The maximum absolute atomic E-state index is 9.03. The van der Waals surface area contributed by atoms with Gasteiger partial charge in [-0.3, -0.25) is 4.90 Å². The average Bonchev–Trinajstić information content (AvgIpc) is 2.36. The van der Waals surface area contributed by atoms with Gasteiger partial charge in [0.25, 0.3) is 0 Å². The van der Waals surface area contributed by atoms with Gasteiger partial charge >= 0.3 is 0 Å². The number of nitrogens with zero attached hydrogens (tertiary/aromatic N) is 2. The number of anilines is 1. The number of nitriles is 1. The molecular formula is C15H21N3. The molecule has 0 saturated carbocycles. The minimum Gasteiger partial charge on any atom is -0.399 e. The molecule has 96 valence electrons. The third kappa shape index (κ3) is 3.02. The van der Waals surface area contributed by atoms with Gasteiger partial charge in [-0.1, -0.05) is 6.07 Å². The monoisotopic (exact) mass is 243 g/mol. The molecule has 1 aromatic carbocycles. The summed E-state index contributed by atoms with van der Waals surface area (Å²) in [5, 5.41) is 9.03. The molecule has 0 spiro atoms. The van der Waals surface area contributed by atoms with Crippen LogP contribution in [0.5, 0.6) is 0 Å². The highest BCUT2D eigenvalue weighted by atomic mass is 15.1. The summed E-state index contributed by atoms with van der Waals surface area (Å²) in [6.07, 6.45) is 2.00. The lowest BCUT2D eigenvalue weighted by Gasteiger charge is -2.30. The molecule has 2 N–H and O–H groups in total. The Morgan fingerprint density at radius 1 is 1.39 bits per heavy atom. The summed E-state index contributed by atoms with van der Waals surface area (Å²) in [4.78, 5) is 2.42. The number of nitrogen functional groups attached to an aromatic ring is 1. The van der Waals surface area contributed by atoms with Crippen LogP contribution in [0.1, 0.15) is 31.4 Å². The van der Waals surface area contributed by atoms with E-state index in [4.69, 9.17) is 11.0 Å². The van der Waals surface area contributed by atoms with Crippen molar-refractivity contribution >= 4 is 5.69 Å². The molecule has 0 fully saturated rings. The number of rotatable bonds is 3. The zero-order valence-corrected chi connectivity index (χ0v) is 11.2. The van der Waals surface area contributed by atoms with Crippen molar-refractivity contribution in [2.24, 2.45) is 5.41 Å². The zero-order valence-electron chi connectivity index (χ0n) is 11.2. The highest BCUT2D eigenvalue weighted by Gasteiger charge is 2.21. The second kappa shape index (κ2) is 4.99. The van der Waals surface area contributed by atoms with Crippen LogP contribution in [0.25, 0.3) is 0 Å².